The van der Waals surface area contributed by atoms with Gasteiger partial charge in [-0.25, -0.2) is 4.79 Å². The Hall–Kier alpha value is -1.98. The van der Waals surface area contributed by atoms with Gasteiger partial charge in [-0.2, -0.15) is 0 Å². The predicted octanol–water partition coefficient (Wildman–Crippen LogP) is 0.984. The van der Waals surface area contributed by atoms with E-state index < -0.39 is 6.03 Å². The molecular weight excluding hydrogens is 218 g/mol. The molecule has 5 N–H and O–H groups in total. The Balaban J connectivity index is 2.34. The van der Waals surface area contributed by atoms with E-state index in [1.54, 1.807) is 12.4 Å². The monoisotopic (exact) mass is 237 g/mol. The second-order valence-electron chi connectivity index (χ2n) is 3.61. The Morgan fingerprint density at radius 1 is 1.24 bits per heavy atom. The molecule has 6 heteroatoms. The molecule has 17 heavy (non-hydrogen) atoms. The molecule has 1 heterocycles. The Kier molecular flexibility index (Phi) is 5.63. The van der Waals surface area contributed by atoms with E-state index in [0.29, 0.717) is 13.1 Å². The first-order valence-electron chi connectivity index (χ1n) is 5.68. The van der Waals surface area contributed by atoms with Crippen LogP contribution in [0, 0.1) is 0 Å². The standard InChI is InChI=1S/C11H19N5O/c1-2-3-14-9-6-10(8-13-7-9)15-4-5-16-11(12)17/h6-8,14-15H,2-5H2,1H3,(H3,12,16,17). The van der Waals surface area contributed by atoms with E-state index in [9.17, 15) is 4.79 Å². The van der Waals surface area contributed by atoms with Crippen molar-refractivity contribution in [1.29, 1.82) is 0 Å². The number of nitrogens with zero attached hydrogens (tertiary/aromatic N) is 1. The van der Waals surface area contributed by atoms with E-state index in [1.807, 2.05) is 6.07 Å². The van der Waals surface area contributed by atoms with Gasteiger partial charge in [0.25, 0.3) is 0 Å². The van der Waals surface area contributed by atoms with Crippen molar-refractivity contribution in [1.82, 2.24) is 10.3 Å². The first kappa shape index (κ1) is 13.1. The van der Waals surface area contributed by atoms with Gasteiger partial charge in [0.1, 0.15) is 0 Å². The van der Waals surface area contributed by atoms with Crippen LogP contribution in [0.3, 0.4) is 0 Å². The molecule has 0 saturated heterocycles. The summed E-state index contributed by atoms with van der Waals surface area (Å²) in [5, 5.41) is 8.90. The highest BCUT2D eigenvalue weighted by molar-refractivity contribution is 5.71. The number of urea groups is 1. The summed E-state index contributed by atoms with van der Waals surface area (Å²) in [5.74, 6) is 0. The third-order valence-electron chi connectivity index (χ3n) is 2.07. The lowest BCUT2D eigenvalue weighted by atomic mass is 10.3. The van der Waals surface area contributed by atoms with Crippen molar-refractivity contribution in [3.05, 3.63) is 18.5 Å². The van der Waals surface area contributed by atoms with Crippen molar-refractivity contribution in [3.8, 4) is 0 Å². The van der Waals surface area contributed by atoms with Gasteiger partial charge >= 0.3 is 6.03 Å². The number of primary amides is 1. The quantitative estimate of drug-likeness (QED) is 0.532. The summed E-state index contributed by atoms with van der Waals surface area (Å²) >= 11 is 0. The summed E-state index contributed by atoms with van der Waals surface area (Å²) in [6.07, 6.45) is 4.59. The van der Waals surface area contributed by atoms with Gasteiger partial charge in [-0.3, -0.25) is 4.98 Å². The van der Waals surface area contributed by atoms with Gasteiger partial charge < -0.3 is 21.7 Å². The largest absolute Gasteiger partial charge is 0.384 e. The smallest absolute Gasteiger partial charge is 0.312 e. The fraction of sp³-hybridized carbons (Fsp3) is 0.455. The van der Waals surface area contributed by atoms with Gasteiger partial charge in [-0.1, -0.05) is 6.92 Å². The van der Waals surface area contributed by atoms with Crippen LogP contribution in [-0.4, -0.2) is 30.6 Å². The van der Waals surface area contributed by atoms with Crippen molar-refractivity contribution in [2.24, 2.45) is 5.73 Å². The molecule has 0 spiro atoms. The molecule has 0 bridgehead atoms. The highest BCUT2D eigenvalue weighted by Crippen LogP contribution is 2.12. The molecule has 1 aromatic heterocycles. The topological polar surface area (TPSA) is 92.1 Å². The average Bonchev–Trinajstić information content (AvgIpc) is 2.32. The highest BCUT2D eigenvalue weighted by atomic mass is 16.2. The van der Waals surface area contributed by atoms with E-state index in [2.05, 4.69) is 27.9 Å². The van der Waals surface area contributed by atoms with E-state index in [4.69, 9.17) is 5.73 Å². The maximum Gasteiger partial charge on any atom is 0.312 e. The van der Waals surface area contributed by atoms with Crippen LogP contribution >= 0.6 is 0 Å². The third-order valence-corrected chi connectivity index (χ3v) is 2.07. The Morgan fingerprint density at radius 2 is 1.88 bits per heavy atom. The number of rotatable bonds is 7. The van der Waals surface area contributed by atoms with Crippen LogP contribution in [0.15, 0.2) is 18.5 Å². The van der Waals surface area contributed by atoms with Crippen LogP contribution in [0.5, 0.6) is 0 Å². The number of aromatic nitrogens is 1. The minimum absolute atomic E-state index is 0.488. The molecule has 0 aliphatic heterocycles. The predicted molar refractivity (Wildman–Crippen MR) is 69.1 cm³/mol. The molecule has 1 aromatic rings. The van der Waals surface area contributed by atoms with Crippen LogP contribution in [-0.2, 0) is 0 Å². The molecule has 0 saturated carbocycles. The molecule has 0 aromatic carbocycles. The number of pyridine rings is 1. The summed E-state index contributed by atoms with van der Waals surface area (Å²) in [5.41, 5.74) is 6.85. The lowest BCUT2D eigenvalue weighted by Crippen LogP contribution is -2.33. The van der Waals surface area contributed by atoms with Gasteiger partial charge in [-0.15, -0.1) is 0 Å². The lowest BCUT2D eigenvalue weighted by Gasteiger charge is -2.09. The number of hydrogen-bond acceptors (Lipinski definition) is 4. The molecular formula is C11H19N5O. The molecule has 0 unspecified atom stereocenters. The number of carbonyl (C=O) groups excluding carboxylic acids is 1. The zero-order valence-corrected chi connectivity index (χ0v) is 9.99. The maximum absolute atomic E-state index is 10.4. The minimum Gasteiger partial charge on any atom is -0.384 e. The molecule has 1 rings (SSSR count). The fourth-order valence-corrected chi connectivity index (χ4v) is 1.30. The molecule has 0 atom stereocenters. The number of hydrogen-bond donors (Lipinski definition) is 4. The van der Waals surface area contributed by atoms with Crippen LogP contribution in [0.4, 0.5) is 16.2 Å². The number of amides is 2. The third kappa shape index (κ3) is 5.60. The van der Waals surface area contributed by atoms with Crippen molar-refractivity contribution < 1.29 is 4.79 Å². The van der Waals surface area contributed by atoms with E-state index in [1.165, 1.54) is 0 Å². The molecule has 6 nitrogen and oxygen atoms in total. The van der Waals surface area contributed by atoms with E-state index >= 15 is 0 Å². The van der Waals surface area contributed by atoms with Crippen LogP contribution in [0.25, 0.3) is 0 Å². The van der Waals surface area contributed by atoms with Crippen LogP contribution in [0.1, 0.15) is 13.3 Å². The van der Waals surface area contributed by atoms with Gasteiger partial charge in [0, 0.05) is 19.6 Å². The molecule has 0 fully saturated rings. The van der Waals surface area contributed by atoms with Crippen LogP contribution < -0.4 is 21.7 Å². The van der Waals surface area contributed by atoms with Gasteiger partial charge in [0.05, 0.1) is 23.8 Å². The zero-order chi connectivity index (χ0) is 12.5. The molecule has 0 aliphatic rings. The van der Waals surface area contributed by atoms with E-state index in [0.717, 1.165) is 24.3 Å². The summed E-state index contributed by atoms with van der Waals surface area (Å²) in [6, 6.07) is 1.47. The Bertz CT molecular complexity index is 355. The Labute approximate surface area is 101 Å². The van der Waals surface area contributed by atoms with E-state index in [-0.39, 0.29) is 0 Å². The second-order valence-corrected chi connectivity index (χ2v) is 3.61. The molecule has 0 aliphatic carbocycles. The zero-order valence-electron chi connectivity index (χ0n) is 9.99. The number of nitrogens with one attached hydrogen (secondary N) is 3. The van der Waals surface area contributed by atoms with Crippen molar-refractivity contribution in [2.45, 2.75) is 13.3 Å². The van der Waals surface area contributed by atoms with Gasteiger partial charge in [-0.05, 0) is 12.5 Å². The SMILES string of the molecule is CCCNc1cncc(NCCNC(N)=O)c1. The highest BCUT2D eigenvalue weighted by Gasteiger charge is 1.96. The van der Waals surface area contributed by atoms with Gasteiger partial charge in [0.15, 0.2) is 0 Å². The average molecular weight is 237 g/mol. The van der Waals surface area contributed by atoms with Crippen LogP contribution in [0.2, 0.25) is 0 Å². The van der Waals surface area contributed by atoms with Crippen molar-refractivity contribution in [2.75, 3.05) is 30.3 Å². The van der Waals surface area contributed by atoms with Crippen molar-refractivity contribution >= 4 is 17.4 Å². The fourth-order valence-electron chi connectivity index (χ4n) is 1.30. The maximum atomic E-state index is 10.4. The summed E-state index contributed by atoms with van der Waals surface area (Å²) in [6.45, 7) is 4.14. The second kappa shape index (κ2) is 7.32. The number of anilines is 2. The summed E-state index contributed by atoms with van der Waals surface area (Å²) in [4.78, 5) is 14.6. The molecule has 94 valence electrons. The minimum atomic E-state index is -0.511. The van der Waals surface area contributed by atoms with Crippen molar-refractivity contribution in [3.63, 3.8) is 0 Å². The number of carbonyl (C=O) groups is 1. The van der Waals surface area contributed by atoms with Gasteiger partial charge in [0.2, 0.25) is 0 Å². The first-order chi connectivity index (χ1) is 8.22. The Morgan fingerprint density at radius 3 is 2.47 bits per heavy atom. The number of nitrogens with two attached hydrogens (primary N) is 1. The normalized spacial score (nSPS) is 9.71. The molecule has 0 radical (unpaired) electrons. The lowest BCUT2D eigenvalue weighted by molar-refractivity contribution is 0.249. The summed E-state index contributed by atoms with van der Waals surface area (Å²) in [7, 11) is 0. The first-order valence-corrected chi connectivity index (χ1v) is 5.68. The summed E-state index contributed by atoms with van der Waals surface area (Å²) < 4.78 is 0. The molecule has 2 amide bonds.